The van der Waals surface area contributed by atoms with Crippen molar-refractivity contribution in [2.45, 2.75) is 13.5 Å². The molecule has 21 heavy (non-hydrogen) atoms. The predicted octanol–water partition coefficient (Wildman–Crippen LogP) is 3.97. The highest BCUT2D eigenvalue weighted by atomic mass is 79.9. The van der Waals surface area contributed by atoms with Crippen molar-refractivity contribution in [2.75, 3.05) is 5.73 Å². The van der Waals surface area contributed by atoms with Gasteiger partial charge in [-0.3, -0.25) is 0 Å². The minimum Gasteiger partial charge on any atom is -0.457 e. The highest BCUT2D eigenvalue weighted by Crippen LogP contribution is 2.20. The van der Waals surface area contributed by atoms with Gasteiger partial charge in [0.15, 0.2) is 0 Å². The zero-order valence-corrected chi connectivity index (χ0v) is 12.7. The Morgan fingerprint density at radius 2 is 1.95 bits per heavy atom. The van der Waals surface area contributed by atoms with Crippen molar-refractivity contribution >= 4 is 27.6 Å². The third kappa shape index (κ3) is 3.58. The Kier molecular flexibility index (Phi) is 4.57. The van der Waals surface area contributed by atoms with Crippen LogP contribution in [-0.2, 0) is 11.3 Å². The van der Waals surface area contributed by atoms with Crippen LogP contribution in [0.25, 0.3) is 0 Å². The summed E-state index contributed by atoms with van der Waals surface area (Å²) in [4.78, 5) is 11.9. The molecule has 0 atom stereocenters. The van der Waals surface area contributed by atoms with Crippen LogP contribution in [-0.4, -0.2) is 5.97 Å². The summed E-state index contributed by atoms with van der Waals surface area (Å²) in [5.74, 6) is -1.66. The van der Waals surface area contributed by atoms with Crippen molar-refractivity contribution in [1.29, 1.82) is 0 Å². The van der Waals surface area contributed by atoms with Crippen molar-refractivity contribution in [1.82, 2.24) is 0 Å². The van der Waals surface area contributed by atoms with E-state index in [0.717, 1.165) is 6.07 Å². The van der Waals surface area contributed by atoms with Crippen molar-refractivity contribution in [3.05, 3.63) is 63.1 Å². The monoisotopic (exact) mass is 355 g/mol. The maximum Gasteiger partial charge on any atom is 0.338 e. The largest absolute Gasteiger partial charge is 0.457 e. The number of hydrogen-bond donors (Lipinski definition) is 1. The molecule has 6 heteroatoms. The van der Waals surface area contributed by atoms with Gasteiger partial charge in [-0.25, -0.2) is 13.6 Å². The van der Waals surface area contributed by atoms with Crippen molar-refractivity contribution in [3.63, 3.8) is 0 Å². The number of ether oxygens (including phenoxy) is 1. The van der Waals surface area contributed by atoms with E-state index in [2.05, 4.69) is 15.9 Å². The lowest BCUT2D eigenvalue weighted by Gasteiger charge is -2.08. The molecular weight excluding hydrogens is 344 g/mol. The lowest BCUT2D eigenvalue weighted by atomic mass is 10.1. The topological polar surface area (TPSA) is 52.3 Å². The van der Waals surface area contributed by atoms with E-state index < -0.39 is 17.6 Å². The van der Waals surface area contributed by atoms with Crippen LogP contribution in [0.2, 0.25) is 0 Å². The van der Waals surface area contributed by atoms with Crippen LogP contribution in [0.4, 0.5) is 14.5 Å². The summed E-state index contributed by atoms with van der Waals surface area (Å²) in [6.45, 7) is 1.48. The van der Waals surface area contributed by atoms with Gasteiger partial charge in [0.1, 0.15) is 18.2 Å². The van der Waals surface area contributed by atoms with Crippen LogP contribution < -0.4 is 5.73 Å². The number of esters is 1. The molecule has 2 N–H and O–H groups in total. The molecule has 0 amide bonds. The number of carbonyl (C=O) groups excluding carboxylic acids is 1. The maximum atomic E-state index is 13.5. The first-order valence-electron chi connectivity index (χ1n) is 6.05. The van der Waals surface area contributed by atoms with Crippen LogP contribution >= 0.6 is 15.9 Å². The number of anilines is 1. The zero-order valence-electron chi connectivity index (χ0n) is 11.1. The Morgan fingerprint density at radius 1 is 1.24 bits per heavy atom. The molecule has 0 aromatic heterocycles. The van der Waals surface area contributed by atoms with Crippen LogP contribution in [0.15, 0.2) is 34.8 Å². The molecule has 0 aliphatic heterocycles. The van der Waals surface area contributed by atoms with Gasteiger partial charge in [-0.05, 0) is 52.7 Å². The van der Waals surface area contributed by atoms with Gasteiger partial charge in [0.25, 0.3) is 0 Å². The molecule has 2 rings (SSSR count). The van der Waals surface area contributed by atoms with Gasteiger partial charge in [0, 0.05) is 11.3 Å². The van der Waals surface area contributed by atoms with Gasteiger partial charge in [0.2, 0.25) is 0 Å². The Bertz CT molecular complexity index is 681. The lowest BCUT2D eigenvalue weighted by molar-refractivity contribution is 0.0472. The molecule has 0 heterocycles. The molecule has 110 valence electrons. The van der Waals surface area contributed by atoms with E-state index in [9.17, 15) is 13.6 Å². The van der Waals surface area contributed by atoms with Gasteiger partial charge in [-0.15, -0.1) is 0 Å². The number of rotatable bonds is 3. The summed E-state index contributed by atoms with van der Waals surface area (Å²) in [5, 5.41) is 0. The molecule has 2 aromatic carbocycles. The molecule has 0 aliphatic carbocycles. The van der Waals surface area contributed by atoms with E-state index in [1.165, 1.54) is 31.2 Å². The fraction of sp³-hybridized carbons (Fsp3) is 0.133. The summed E-state index contributed by atoms with van der Waals surface area (Å²) in [7, 11) is 0. The number of benzene rings is 2. The maximum absolute atomic E-state index is 13.5. The molecule has 0 unspecified atom stereocenters. The normalized spacial score (nSPS) is 10.5. The smallest absolute Gasteiger partial charge is 0.338 e. The summed E-state index contributed by atoms with van der Waals surface area (Å²) in [5.41, 5.74) is 6.73. The molecule has 0 aliphatic rings. The predicted molar refractivity (Wildman–Crippen MR) is 78.8 cm³/mol. The van der Waals surface area contributed by atoms with Gasteiger partial charge >= 0.3 is 5.97 Å². The Labute approximate surface area is 128 Å². The van der Waals surface area contributed by atoms with E-state index in [0.29, 0.717) is 5.56 Å². The molecule has 3 nitrogen and oxygen atoms in total. The Balaban J connectivity index is 2.10. The average molecular weight is 356 g/mol. The number of hydrogen-bond acceptors (Lipinski definition) is 3. The van der Waals surface area contributed by atoms with E-state index in [4.69, 9.17) is 10.5 Å². The first-order chi connectivity index (χ1) is 9.88. The average Bonchev–Trinajstić information content (AvgIpc) is 2.45. The van der Waals surface area contributed by atoms with Crippen LogP contribution in [0.1, 0.15) is 21.5 Å². The van der Waals surface area contributed by atoms with E-state index in [1.807, 2.05) is 0 Å². The summed E-state index contributed by atoms with van der Waals surface area (Å²) in [6, 6.07) is 6.71. The number of carbonyl (C=O) groups is 1. The second-order valence-corrected chi connectivity index (χ2v) is 5.35. The number of nitrogen functional groups attached to an aromatic ring is 1. The summed E-state index contributed by atoms with van der Waals surface area (Å²) < 4.78 is 31.9. The van der Waals surface area contributed by atoms with Crippen molar-refractivity contribution in [2.24, 2.45) is 0 Å². The summed E-state index contributed by atoms with van der Waals surface area (Å²) >= 11 is 3.04. The Morgan fingerprint density at radius 3 is 2.57 bits per heavy atom. The third-order valence-corrected chi connectivity index (χ3v) is 3.58. The van der Waals surface area contributed by atoms with E-state index in [1.54, 1.807) is 0 Å². The SMILES string of the molecule is Cc1c(N)cc(C(=O)OCc2ccc(F)c(Br)c2)cc1F. The fourth-order valence-corrected chi connectivity index (χ4v) is 2.11. The molecule has 0 bridgehead atoms. The van der Waals surface area contributed by atoms with Gasteiger partial charge < -0.3 is 10.5 Å². The van der Waals surface area contributed by atoms with Gasteiger partial charge in [-0.2, -0.15) is 0 Å². The highest BCUT2D eigenvalue weighted by Gasteiger charge is 2.13. The second kappa shape index (κ2) is 6.22. The first-order valence-corrected chi connectivity index (χ1v) is 6.84. The highest BCUT2D eigenvalue weighted by molar-refractivity contribution is 9.10. The standard InChI is InChI=1S/C15H12BrF2NO2/c1-8-13(18)5-10(6-14(8)19)15(20)21-7-9-2-3-12(17)11(16)4-9/h2-6H,7,19H2,1H3. The minimum atomic E-state index is -0.693. The molecule has 0 spiro atoms. The molecule has 0 fully saturated rings. The zero-order chi connectivity index (χ0) is 15.6. The van der Waals surface area contributed by atoms with E-state index in [-0.39, 0.29) is 27.9 Å². The Hall–Kier alpha value is -1.95. The van der Waals surface area contributed by atoms with Gasteiger partial charge in [-0.1, -0.05) is 6.07 Å². The molecule has 2 aromatic rings. The quantitative estimate of drug-likeness (QED) is 0.669. The number of nitrogens with two attached hydrogens (primary N) is 1. The lowest BCUT2D eigenvalue weighted by Crippen LogP contribution is -2.07. The van der Waals surface area contributed by atoms with E-state index >= 15 is 0 Å². The van der Waals surface area contributed by atoms with Crippen molar-refractivity contribution in [3.8, 4) is 0 Å². The minimum absolute atomic E-state index is 0.0387. The van der Waals surface area contributed by atoms with Crippen molar-refractivity contribution < 1.29 is 18.3 Å². The molecular formula is C15H12BrF2NO2. The fourth-order valence-electron chi connectivity index (χ4n) is 1.68. The first kappa shape index (κ1) is 15.4. The van der Waals surface area contributed by atoms with Gasteiger partial charge in [0.05, 0.1) is 10.0 Å². The molecule has 0 radical (unpaired) electrons. The van der Waals surface area contributed by atoms with Crippen LogP contribution in [0, 0.1) is 18.6 Å². The molecule has 0 saturated carbocycles. The van der Waals surface area contributed by atoms with Crippen LogP contribution in [0.3, 0.4) is 0 Å². The number of halogens is 3. The second-order valence-electron chi connectivity index (χ2n) is 4.50. The molecule has 0 saturated heterocycles. The van der Waals surface area contributed by atoms with Crippen LogP contribution in [0.5, 0.6) is 0 Å². The third-order valence-electron chi connectivity index (χ3n) is 2.97. The summed E-state index contributed by atoms with van der Waals surface area (Å²) in [6.07, 6.45) is 0.